The highest BCUT2D eigenvalue weighted by atomic mass is 15.2. The van der Waals surface area contributed by atoms with Gasteiger partial charge in [-0.15, -0.1) is 0 Å². The van der Waals surface area contributed by atoms with Gasteiger partial charge in [-0.2, -0.15) is 0 Å². The van der Waals surface area contributed by atoms with Crippen molar-refractivity contribution in [3.63, 3.8) is 0 Å². The van der Waals surface area contributed by atoms with Gasteiger partial charge in [0.1, 0.15) is 11.3 Å². The maximum atomic E-state index is 4.88. The molecule has 0 fully saturated rings. The lowest BCUT2D eigenvalue weighted by molar-refractivity contribution is 0.883. The zero-order chi connectivity index (χ0) is 92.6. The first-order chi connectivity index (χ1) is 63.6. The molecule has 24 aromatic rings. The molecule has 0 bridgehead atoms. The van der Waals surface area contributed by atoms with Crippen LogP contribution in [-0.2, 0) is 21.1 Å². The number of nitrogens with zero attached hydrogens (tertiary/aromatic N) is 15. The van der Waals surface area contributed by atoms with Crippen molar-refractivity contribution in [2.45, 2.75) is 145 Å². The number of fused-ring (bicyclic) bond motifs is 18. The highest BCUT2D eigenvalue weighted by molar-refractivity contribution is 6.13. The van der Waals surface area contributed by atoms with E-state index >= 15 is 0 Å². The molecule has 0 unspecified atom stereocenters. The van der Waals surface area contributed by atoms with E-state index in [2.05, 4.69) is 488 Å². The van der Waals surface area contributed by atoms with E-state index in [9.17, 15) is 0 Å². The third-order valence-corrected chi connectivity index (χ3v) is 28.0. The van der Waals surface area contributed by atoms with Crippen LogP contribution in [0.2, 0.25) is 0 Å². The zero-order valence-electron chi connectivity index (χ0n) is 80.7. The number of aryl methyl sites for hydroxylation is 23. The maximum absolute atomic E-state index is 4.88. The Morgan fingerprint density at radius 1 is 0.242 bits per heavy atom. The lowest BCUT2D eigenvalue weighted by atomic mass is 10.1. The fourth-order valence-corrected chi connectivity index (χ4v) is 20.9. The van der Waals surface area contributed by atoms with Crippen LogP contribution in [0.5, 0.6) is 0 Å². The van der Waals surface area contributed by atoms with Crippen molar-refractivity contribution in [1.82, 2.24) is 69.3 Å². The molecular formula is C117H117N15. The van der Waals surface area contributed by atoms with Crippen molar-refractivity contribution in [2.75, 3.05) is 0 Å². The van der Waals surface area contributed by atoms with E-state index in [1.807, 2.05) is 6.07 Å². The molecule has 0 N–H and O–H groups in total. The van der Waals surface area contributed by atoms with E-state index < -0.39 is 0 Å². The minimum Gasteiger partial charge on any atom is -0.352 e. The summed E-state index contributed by atoms with van der Waals surface area (Å²) in [6.07, 6.45) is 6.58. The molecular weight excluding hydrogens is 1620 g/mol. The average Bonchev–Trinajstić information content (AvgIpc) is 1.60. The minimum atomic E-state index is 0.994. The number of hydrogen-bond donors (Lipinski definition) is 0. The quantitative estimate of drug-likeness (QED) is 0.166. The van der Waals surface area contributed by atoms with Gasteiger partial charge in [0, 0.05) is 106 Å². The molecule has 0 aliphatic heterocycles. The molecule has 0 spiro atoms. The third-order valence-electron chi connectivity index (χ3n) is 28.0. The predicted octanol–water partition coefficient (Wildman–Crippen LogP) is 28.7. The van der Waals surface area contributed by atoms with Gasteiger partial charge in [0.2, 0.25) is 11.6 Å². The first-order valence-corrected chi connectivity index (χ1v) is 46.0. The molecule has 13 heterocycles. The fourth-order valence-electron chi connectivity index (χ4n) is 20.9. The van der Waals surface area contributed by atoms with E-state index in [4.69, 9.17) is 15.0 Å². The Bertz CT molecular complexity index is 8000. The summed E-state index contributed by atoms with van der Waals surface area (Å²) in [6, 6.07) is 90.5. The van der Waals surface area contributed by atoms with Crippen LogP contribution in [0.15, 0.2) is 273 Å². The van der Waals surface area contributed by atoms with Gasteiger partial charge in [-0.25, -0.2) is 15.0 Å². The molecule has 13 aromatic heterocycles. The molecule has 11 aromatic carbocycles. The van der Waals surface area contributed by atoms with Gasteiger partial charge >= 0.3 is 0 Å². The number of hydrogen-bond acceptors (Lipinski definition) is 3. The van der Waals surface area contributed by atoms with Crippen molar-refractivity contribution in [3.05, 3.63) is 391 Å². The number of benzene rings is 11. The van der Waals surface area contributed by atoms with E-state index in [0.29, 0.717) is 0 Å². The monoisotopic (exact) mass is 1730 g/mol. The van der Waals surface area contributed by atoms with Crippen molar-refractivity contribution in [2.24, 2.45) is 21.1 Å². The number of rotatable bonds is 6. The number of imidazole rings is 5. The minimum absolute atomic E-state index is 0.994. The molecule has 132 heavy (non-hydrogen) atoms. The molecule has 24 rings (SSSR count). The normalized spacial score (nSPS) is 11.6. The molecule has 0 aliphatic carbocycles. The summed E-state index contributed by atoms with van der Waals surface area (Å²) in [5, 5.41) is 8.00. The Kier molecular flexibility index (Phi) is 22.1. The van der Waals surface area contributed by atoms with Crippen LogP contribution in [0.4, 0.5) is 0 Å². The van der Waals surface area contributed by atoms with Crippen LogP contribution in [0.3, 0.4) is 0 Å². The van der Waals surface area contributed by atoms with Crippen molar-refractivity contribution in [3.8, 4) is 34.1 Å². The highest BCUT2D eigenvalue weighted by Crippen LogP contribution is 2.42. The Hall–Kier alpha value is -15.1. The van der Waals surface area contributed by atoms with Crippen LogP contribution in [-0.4, -0.2) is 69.3 Å². The second-order valence-corrected chi connectivity index (χ2v) is 36.5. The number of aromatic nitrogens is 15. The van der Waals surface area contributed by atoms with Gasteiger partial charge in [0.05, 0.1) is 101 Å². The fraction of sp³-hybridized carbons (Fsp3) is 0.205. The van der Waals surface area contributed by atoms with Crippen LogP contribution >= 0.6 is 0 Å². The molecule has 15 heteroatoms. The molecule has 0 saturated heterocycles. The molecule has 660 valence electrons. The van der Waals surface area contributed by atoms with Gasteiger partial charge in [-0.1, -0.05) is 194 Å². The van der Waals surface area contributed by atoms with Crippen molar-refractivity contribution in [1.29, 1.82) is 0 Å². The maximum Gasteiger partial charge on any atom is 0.220 e. The summed E-state index contributed by atoms with van der Waals surface area (Å²) in [7, 11) is 6.40. The summed E-state index contributed by atoms with van der Waals surface area (Å²) < 4.78 is 27.6. The summed E-state index contributed by atoms with van der Waals surface area (Å²) >= 11 is 0. The lowest BCUT2D eigenvalue weighted by Gasteiger charge is -2.15. The Labute approximate surface area is 772 Å². The third kappa shape index (κ3) is 14.0. The SMILES string of the molecule is Cc1cccc(C)c1-n1c(C)c(C)c2c1nc1ccccn12.Cc1cccc(C)c1-n1c2ccccc2c2c(C)n(C)cc21.Cc1cccc(C)c1-n1c2ccccc2c2cc(C)n(C)c21.Cc1cccc(C)c1-n1c2ccccc2c2cn(C)c(C)c21.Cc1cccc(C)c1-n1c2ccccc2n2c(C)c(C)nc12.Cc1cccc(C)c1-n1c2ccccc2n2c(C)c(C)nc12. The molecule has 0 amide bonds. The lowest BCUT2D eigenvalue weighted by Crippen LogP contribution is -2.03. The van der Waals surface area contributed by atoms with Gasteiger partial charge in [0.25, 0.3) is 0 Å². The molecule has 15 nitrogen and oxygen atoms in total. The van der Waals surface area contributed by atoms with Crippen LogP contribution in [0.1, 0.15) is 118 Å². The molecule has 0 radical (unpaired) electrons. The molecule has 0 atom stereocenters. The van der Waals surface area contributed by atoms with Crippen LogP contribution < -0.4 is 0 Å². The molecule has 0 aliphatic rings. The summed E-state index contributed by atoms with van der Waals surface area (Å²) in [5.74, 6) is 1.99. The van der Waals surface area contributed by atoms with Gasteiger partial charge in [0.15, 0.2) is 5.65 Å². The van der Waals surface area contributed by atoms with Crippen LogP contribution in [0, 0.1) is 145 Å². The van der Waals surface area contributed by atoms with E-state index in [-0.39, 0.29) is 0 Å². The zero-order valence-corrected chi connectivity index (χ0v) is 80.7. The van der Waals surface area contributed by atoms with E-state index in [1.54, 1.807) is 0 Å². The molecule has 0 saturated carbocycles. The van der Waals surface area contributed by atoms with E-state index in [1.165, 1.54) is 234 Å². The number of para-hydroxylation sites is 13. The smallest absolute Gasteiger partial charge is 0.220 e. The van der Waals surface area contributed by atoms with Crippen LogP contribution in [0.25, 0.3) is 150 Å². The van der Waals surface area contributed by atoms with Crippen molar-refractivity contribution < 1.29 is 0 Å². The average molecular weight is 1730 g/mol. The second kappa shape index (κ2) is 33.8. The van der Waals surface area contributed by atoms with Gasteiger partial charge < -0.3 is 22.8 Å². The second-order valence-electron chi connectivity index (χ2n) is 36.5. The van der Waals surface area contributed by atoms with Gasteiger partial charge in [-0.05, 0) is 278 Å². The Morgan fingerprint density at radius 3 is 1.04 bits per heavy atom. The van der Waals surface area contributed by atoms with E-state index in [0.717, 1.165) is 34.2 Å². The summed E-state index contributed by atoms with van der Waals surface area (Å²) in [5.41, 5.74) is 49.9. The Balaban J connectivity index is 0.000000102. The van der Waals surface area contributed by atoms with Crippen molar-refractivity contribution >= 4 is 116 Å². The topological polar surface area (TPSA) is 96.3 Å². The Morgan fingerprint density at radius 2 is 0.591 bits per heavy atom. The standard InChI is InChI=1S/3C20H20N2.3C19H19N3/c1-13-8-7-9-14(2)19(13)22-18-11-6-5-10-16(18)17-12-21(4)15(3)20(17)22;1-13-8-7-9-14(2)20(13)22-17-11-6-5-10-16(17)19-15(3)21(4)12-18(19)22;1-13-8-7-9-14(2)19(13)22-18-11-6-5-10-16(18)17-12-15(3)21(4)20(17)22;1-12-8-7-9-13(2)17(12)22-15(4)14(3)18-19(22)20-16-10-5-6-11-21(16)18;2*1-12-8-7-9-13(2)18(12)22-17-11-6-5-10-16(17)21-15(4)14(3)20-19(21)22/h3*5-12H,1-4H3;3*5-11H,1-4H3. The highest BCUT2D eigenvalue weighted by Gasteiger charge is 2.27. The predicted molar refractivity (Wildman–Crippen MR) is 555 cm³/mol. The first-order valence-electron chi connectivity index (χ1n) is 46.0. The van der Waals surface area contributed by atoms with Gasteiger partial charge in [-0.3, -0.25) is 31.5 Å². The largest absolute Gasteiger partial charge is 0.352 e. The summed E-state index contributed by atoms with van der Waals surface area (Å²) in [6.45, 7) is 45.5. The number of pyridine rings is 1. The summed E-state index contributed by atoms with van der Waals surface area (Å²) in [4.78, 5) is 14.6. The first kappa shape index (κ1) is 86.3.